The van der Waals surface area contributed by atoms with Crippen LogP contribution in [-0.4, -0.2) is 51.7 Å². The molecule has 0 N–H and O–H groups in total. The molecule has 32 heavy (non-hydrogen) atoms. The summed E-state index contributed by atoms with van der Waals surface area (Å²) < 4.78 is 1.89. The van der Waals surface area contributed by atoms with Crippen molar-refractivity contribution in [3.8, 4) is 6.07 Å². The number of nitrogens with zero attached hydrogens (tertiary/aromatic N) is 5. The molecule has 1 saturated heterocycles. The number of nitriles is 1. The van der Waals surface area contributed by atoms with Crippen LogP contribution in [-0.2, 0) is 24.3 Å². The lowest BCUT2D eigenvalue weighted by atomic mass is 10.0. The van der Waals surface area contributed by atoms with Gasteiger partial charge >= 0.3 is 0 Å². The number of piperazine rings is 1. The minimum atomic E-state index is 0.221. The molecule has 1 aromatic heterocycles. The van der Waals surface area contributed by atoms with Crippen LogP contribution in [0.15, 0.2) is 42.5 Å². The Morgan fingerprint density at radius 1 is 1.06 bits per heavy atom. The number of rotatable bonds is 7. The Bertz CT molecular complexity index is 1130. The first kappa shape index (κ1) is 22.0. The van der Waals surface area contributed by atoms with Crippen molar-refractivity contribution in [2.45, 2.75) is 46.2 Å². The van der Waals surface area contributed by atoms with Crippen molar-refractivity contribution in [1.82, 2.24) is 19.6 Å². The van der Waals surface area contributed by atoms with Crippen molar-refractivity contribution < 1.29 is 4.79 Å². The van der Waals surface area contributed by atoms with Crippen molar-refractivity contribution in [3.63, 3.8) is 0 Å². The number of hydrogen-bond acceptors (Lipinski definition) is 4. The van der Waals surface area contributed by atoms with Gasteiger partial charge < -0.3 is 4.90 Å². The van der Waals surface area contributed by atoms with E-state index >= 15 is 0 Å². The van der Waals surface area contributed by atoms with E-state index in [9.17, 15) is 4.79 Å². The number of carbonyl (C=O) groups is 1. The maximum absolute atomic E-state index is 12.8. The molecule has 1 fully saturated rings. The topological polar surface area (TPSA) is 65.2 Å². The molecule has 4 rings (SSSR count). The Morgan fingerprint density at radius 3 is 2.59 bits per heavy atom. The first-order chi connectivity index (χ1) is 15.6. The van der Waals surface area contributed by atoms with E-state index in [1.165, 1.54) is 16.3 Å². The maximum Gasteiger partial charge on any atom is 0.222 e. The number of aryl methyl sites for hydroxylation is 2. The SMILES string of the molecule is Cc1nn(CCC#N)c(C)c1CCC(=O)N1CCN(Cc2cccc3ccccc23)CC1. The maximum atomic E-state index is 12.8. The van der Waals surface area contributed by atoms with Crippen molar-refractivity contribution in [2.75, 3.05) is 26.2 Å². The molecule has 0 saturated carbocycles. The molecule has 0 spiro atoms. The molecule has 0 bridgehead atoms. The molecular formula is C26H31N5O. The zero-order valence-electron chi connectivity index (χ0n) is 19.0. The van der Waals surface area contributed by atoms with E-state index in [-0.39, 0.29) is 5.91 Å². The van der Waals surface area contributed by atoms with Crippen LogP contribution in [0.3, 0.4) is 0 Å². The molecule has 1 amide bonds. The summed E-state index contributed by atoms with van der Waals surface area (Å²) in [5, 5.41) is 16.0. The van der Waals surface area contributed by atoms with Gasteiger partial charge in [0, 0.05) is 44.8 Å². The van der Waals surface area contributed by atoms with E-state index in [2.05, 4.69) is 58.5 Å². The van der Waals surface area contributed by atoms with Crippen LogP contribution in [0.1, 0.15) is 35.4 Å². The summed E-state index contributed by atoms with van der Waals surface area (Å²) >= 11 is 0. The third-order valence-electron chi connectivity index (χ3n) is 6.55. The van der Waals surface area contributed by atoms with Gasteiger partial charge in [-0.05, 0) is 42.2 Å². The predicted octanol–water partition coefficient (Wildman–Crippen LogP) is 3.84. The molecule has 166 valence electrons. The highest BCUT2D eigenvalue weighted by Gasteiger charge is 2.22. The third-order valence-corrected chi connectivity index (χ3v) is 6.55. The van der Waals surface area contributed by atoms with Gasteiger partial charge in [0.2, 0.25) is 5.91 Å². The molecule has 0 unspecified atom stereocenters. The number of aromatic nitrogens is 2. The first-order valence-corrected chi connectivity index (χ1v) is 11.4. The molecule has 1 aliphatic rings. The van der Waals surface area contributed by atoms with E-state index in [1.54, 1.807) is 0 Å². The van der Waals surface area contributed by atoms with E-state index in [0.717, 1.165) is 49.7 Å². The van der Waals surface area contributed by atoms with Gasteiger partial charge in [0.05, 0.1) is 24.7 Å². The highest BCUT2D eigenvalue weighted by molar-refractivity contribution is 5.85. The molecule has 2 heterocycles. The number of hydrogen-bond donors (Lipinski definition) is 0. The van der Waals surface area contributed by atoms with E-state index in [1.807, 2.05) is 23.4 Å². The van der Waals surface area contributed by atoms with E-state index < -0.39 is 0 Å². The van der Waals surface area contributed by atoms with Gasteiger partial charge in [0.25, 0.3) is 0 Å². The van der Waals surface area contributed by atoms with Crippen molar-refractivity contribution in [1.29, 1.82) is 5.26 Å². The number of amides is 1. The van der Waals surface area contributed by atoms with Crippen molar-refractivity contribution >= 4 is 16.7 Å². The lowest BCUT2D eigenvalue weighted by Gasteiger charge is -2.35. The zero-order chi connectivity index (χ0) is 22.5. The lowest BCUT2D eigenvalue weighted by molar-refractivity contribution is -0.133. The average molecular weight is 430 g/mol. The molecular weight excluding hydrogens is 398 g/mol. The highest BCUT2D eigenvalue weighted by Crippen LogP contribution is 2.21. The number of fused-ring (bicyclic) bond motifs is 1. The highest BCUT2D eigenvalue weighted by atomic mass is 16.2. The minimum absolute atomic E-state index is 0.221. The van der Waals surface area contributed by atoms with Crippen molar-refractivity contribution in [2.24, 2.45) is 0 Å². The average Bonchev–Trinajstić information content (AvgIpc) is 3.09. The van der Waals surface area contributed by atoms with E-state index in [4.69, 9.17) is 5.26 Å². The normalized spacial score (nSPS) is 14.6. The molecule has 6 nitrogen and oxygen atoms in total. The Balaban J connectivity index is 1.30. The van der Waals surface area contributed by atoms with Crippen LogP contribution >= 0.6 is 0 Å². The smallest absolute Gasteiger partial charge is 0.222 e. The van der Waals surface area contributed by atoms with Crippen LogP contribution in [0.25, 0.3) is 10.8 Å². The van der Waals surface area contributed by atoms with Crippen LogP contribution in [0.2, 0.25) is 0 Å². The Labute approximate surface area is 190 Å². The molecule has 3 aromatic rings. The fourth-order valence-corrected chi connectivity index (χ4v) is 4.69. The second-order valence-corrected chi connectivity index (χ2v) is 8.58. The predicted molar refractivity (Wildman–Crippen MR) is 126 cm³/mol. The first-order valence-electron chi connectivity index (χ1n) is 11.4. The zero-order valence-corrected chi connectivity index (χ0v) is 19.0. The van der Waals surface area contributed by atoms with Gasteiger partial charge in [0.1, 0.15) is 0 Å². The molecule has 0 aliphatic carbocycles. The fourth-order valence-electron chi connectivity index (χ4n) is 4.69. The number of carbonyl (C=O) groups excluding carboxylic acids is 1. The van der Waals surface area contributed by atoms with Gasteiger partial charge in [-0.3, -0.25) is 14.4 Å². The second-order valence-electron chi connectivity index (χ2n) is 8.58. The summed E-state index contributed by atoms with van der Waals surface area (Å²) in [4.78, 5) is 17.3. The van der Waals surface area contributed by atoms with Crippen LogP contribution in [0.5, 0.6) is 0 Å². The Hall–Kier alpha value is -3.17. The second kappa shape index (κ2) is 9.97. The van der Waals surface area contributed by atoms with Crippen LogP contribution in [0, 0.1) is 25.2 Å². The van der Waals surface area contributed by atoms with Crippen molar-refractivity contribution in [3.05, 3.63) is 65.0 Å². The Kier molecular flexibility index (Phi) is 6.87. The summed E-state index contributed by atoms with van der Waals surface area (Å²) in [6.07, 6.45) is 1.66. The molecule has 0 atom stereocenters. The Morgan fingerprint density at radius 2 is 1.81 bits per heavy atom. The largest absolute Gasteiger partial charge is 0.340 e. The summed E-state index contributed by atoms with van der Waals surface area (Å²) in [6.45, 7) is 8.91. The van der Waals surface area contributed by atoms with Crippen LogP contribution in [0.4, 0.5) is 0 Å². The summed E-state index contributed by atoms with van der Waals surface area (Å²) in [6, 6.07) is 17.2. The molecule has 0 radical (unpaired) electrons. The van der Waals surface area contributed by atoms with Gasteiger partial charge in [-0.15, -0.1) is 0 Å². The molecule has 2 aromatic carbocycles. The monoisotopic (exact) mass is 429 g/mol. The minimum Gasteiger partial charge on any atom is -0.340 e. The van der Waals surface area contributed by atoms with Gasteiger partial charge in [-0.25, -0.2) is 0 Å². The number of benzene rings is 2. The molecule has 1 aliphatic heterocycles. The quantitative estimate of drug-likeness (QED) is 0.572. The summed E-state index contributed by atoms with van der Waals surface area (Å²) in [7, 11) is 0. The third kappa shape index (κ3) is 4.84. The van der Waals surface area contributed by atoms with Gasteiger partial charge in [-0.1, -0.05) is 42.5 Å². The summed E-state index contributed by atoms with van der Waals surface area (Å²) in [5.74, 6) is 0.221. The standard InChI is InChI=1S/C26H31N5O/c1-20-24(21(2)31(28-20)14-6-13-27)11-12-26(32)30-17-15-29(16-18-30)19-23-9-5-8-22-7-3-4-10-25(22)23/h3-5,7-10H,6,11-12,14-19H2,1-2H3. The lowest BCUT2D eigenvalue weighted by Crippen LogP contribution is -2.48. The van der Waals surface area contributed by atoms with Gasteiger partial charge in [0.15, 0.2) is 0 Å². The fraction of sp³-hybridized carbons (Fsp3) is 0.423. The van der Waals surface area contributed by atoms with Crippen LogP contribution < -0.4 is 0 Å². The summed E-state index contributed by atoms with van der Waals surface area (Å²) in [5.41, 5.74) is 4.53. The van der Waals surface area contributed by atoms with E-state index in [0.29, 0.717) is 25.8 Å². The molecule has 6 heteroatoms. The van der Waals surface area contributed by atoms with Gasteiger partial charge in [-0.2, -0.15) is 10.4 Å².